The second-order valence-electron chi connectivity index (χ2n) is 3.38. The Balaban J connectivity index is 0.000000606. The van der Waals surface area contributed by atoms with E-state index in [1.165, 1.54) is 0 Å². The number of carbonyl (C=O) groups excluding carboxylic acids is 1. The molecule has 2 heterocycles. The average Bonchev–Trinajstić information content (AvgIpc) is 2.34. The van der Waals surface area contributed by atoms with Crippen LogP contribution in [0.25, 0.3) is 0 Å². The number of rotatable bonds is 1. The molecule has 0 bridgehead atoms. The zero-order chi connectivity index (χ0) is 12.0. The van der Waals surface area contributed by atoms with Crippen molar-refractivity contribution in [1.29, 1.82) is 0 Å². The molecule has 0 aromatic carbocycles. The minimum atomic E-state index is 0.113. The lowest BCUT2D eigenvalue weighted by molar-refractivity contribution is -0.118. The first-order valence-corrected chi connectivity index (χ1v) is 5.71. The summed E-state index contributed by atoms with van der Waals surface area (Å²) in [4.78, 5) is 17.5. The van der Waals surface area contributed by atoms with E-state index in [4.69, 9.17) is 0 Å². The third kappa shape index (κ3) is 3.03. The third-order valence-electron chi connectivity index (χ3n) is 2.30. The molecule has 1 saturated heterocycles. The maximum Gasteiger partial charge on any atom is 0.241 e. The van der Waals surface area contributed by atoms with Crippen LogP contribution in [0.4, 0.5) is 5.69 Å². The largest absolute Gasteiger partial charge is 0.309 e. The van der Waals surface area contributed by atoms with Gasteiger partial charge in [0, 0.05) is 18.8 Å². The molecule has 0 radical (unpaired) electrons. The Morgan fingerprint density at radius 3 is 2.69 bits per heavy atom. The standard InChI is InChI=1S/C10H13N3O.C2H6/c1-8-2-3-9(6-12-8)13-5-4-11-7-10(13)14;1-2/h2-3,6,11H,4-5,7H2,1H3;1-2H3. The second kappa shape index (κ2) is 6.23. The monoisotopic (exact) mass is 221 g/mol. The Labute approximate surface area is 96.7 Å². The summed E-state index contributed by atoms with van der Waals surface area (Å²) in [6, 6.07) is 3.86. The summed E-state index contributed by atoms with van der Waals surface area (Å²) in [5, 5.41) is 3.03. The van der Waals surface area contributed by atoms with Gasteiger partial charge < -0.3 is 10.2 Å². The Hall–Kier alpha value is -1.42. The molecule has 4 heteroatoms. The Bertz CT molecular complexity index is 335. The SMILES string of the molecule is CC.Cc1ccc(N2CCNCC2=O)cn1. The van der Waals surface area contributed by atoms with Crippen LogP contribution in [0.1, 0.15) is 19.5 Å². The highest BCUT2D eigenvalue weighted by Crippen LogP contribution is 2.13. The Morgan fingerprint density at radius 1 is 1.38 bits per heavy atom. The average molecular weight is 221 g/mol. The zero-order valence-electron chi connectivity index (χ0n) is 10.2. The van der Waals surface area contributed by atoms with E-state index in [-0.39, 0.29) is 5.91 Å². The molecule has 88 valence electrons. The summed E-state index contributed by atoms with van der Waals surface area (Å²) < 4.78 is 0. The van der Waals surface area contributed by atoms with Gasteiger partial charge in [-0.15, -0.1) is 0 Å². The van der Waals surface area contributed by atoms with Crippen LogP contribution in [0.2, 0.25) is 0 Å². The lowest BCUT2D eigenvalue weighted by Gasteiger charge is -2.27. The second-order valence-corrected chi connectivity index (χ2v) is 3.38. The highest BCUT2D eigenvalue weighted by Gasteiger charge is 2.18. The molecule has 0 atom stereocenters. The number of aromatic nitrogens is 1. The molecular formula is C12H19N3O. The summed E-state index contributed by atoms with van der Waals surface area (Å²) in [7, 11) is 0. The summed E-state index contributed by atoms with van der Waals surface area (Å²) in [5.41, 5.74) is 1.86. The Morgan fingerprint density at radius 2 is 2.12 bits per heavy atom. The molecule has 0 aliphatic carbocycles. The van der Waals surface area contributed by atoms with Gasteiger partial charge in [0.15, 0.2) is 0 Å². The Kier molecular flexibility index (Phi) is 4.92. The van der Waals surface area contributed by atoms with E-state index in [0.29, 0.717) is 6.54 Å². The third-order valence-corrected chi connectivity index (χ3v) is 2.30. The zero-order valence-corrected chi connectivity index (χ0v) is 10.2. The van der Waals surface area contributed by atoms with Gasteiger partial charge in [-0.1, -0.05) is 13.8 Å². The number of piperazine rings is 1. The van der Waals surface area contributed by atoms with Crippen molar-refractivity contribution < 1.29 is 4.79 Å². The van der Waals surface area contributed by atoms with Crippen molar-refractivity contribution >= 4 is 11.6 Å². The predicted octanol–water partition coefficient (Wildman–Crippen LogP) is 1.35. The fourth-order valence-corrected chi connectivity index (χ4v) is 1.50. The van der Waals surface area contributed by atoms with Crippen LogP contribution >= 0.6 is 0 Å². The van der Waals surface area contributed by atoms with Crippen molar-refractivity contribution in [1.82, 2.24) is 10.3 Å². The van der Waals surface area contributed by atoms with Crippen LogP contribution in [0.5, 0.6) is 0 Å². The first-order valence-electron chi connectivity index (χ1n) is 5.71. The lowest BCUT2D eigenvalue weighted by Crippen LogP contribution is -2.48. The number of amides is 1. The van der Waals surface area contributed by atoms with E-state index < -0.39 is 0 Å². The molecule has 16 heavy (non-hydrogen) atoms. The van der Waals surface area contributed by atoms with Crippen LogP contribution in [-0.2, 0) is 4.79 Å². The van der Waals surface area contributed by atoms with Gasteiger partial charge in [-0.05, 0) is 19.1 Å². The molecule has 1 fully saturated rings. The molecule has 1 aliphatic heterocycles. The maximum atomic E-state index is 11.5. The molecule has 0 unspecified atom stereocenters. The van der Waals surface area contributed by atoms with Gasteiger partial charge in [0.05, 0.1) is 18.4 Å². The van der Waals surface area contributed by atoms with Gasteiger partial charge in [-0.2, -0.15) is 0 Å². The molecule has 1 amide bonds. The van der Waals surface area contributed by atoms with E-state index >= 15 is 0 Å². The molecule has 0 saturated carbocycles. The van der Waals surface area contributed by atoms with Gasteiger partial charge in [-0.3, -0.25) is 9.78 Å². The van der Waals surface area contributed by atoms with Gasteiger partial charge in [0.25, 0.3) is 0 Å². The number of aryl methyl sites for hydroxylation is 1. The van der Waals surface area contributed by atoms with Crippen LogP contribution in [0.3, 0.4) is 0 Å². The van der Waals surface area contributed by atoms with Crippen LogP contribution in [0.15, 0.2) is 18.3 Å². The van der Waals surface area contributed by atoms with Gasteiger partial charge in [0.1, 0.15) is 0 Å². The van der Waals surface area contributed by atoms with Gasteiger partial charge >= 0.3 is 0 Å². The maximum absolute atomic E-state index is 11.5. The van der Waals surface area contributed by atoms with Crippen molar-refractivity contribution in [2.45, 2.75) is 20.8 Å². The number of hydrogen-bond donors (Lipinski definition) is 1. The fourth-order valence-electron chi connectivity index (χ4n) is 1.50. The summed E-state index contributed by atoms with van der Waals surface area (Å²) >= 11 is 0. The molecule has 1 aliphatic rings. The highest BCUT2D eigenvalue weighted by atomic mass is 16.2. The highest BCUT2D eigenvalue weighted by molar-refractivity contribution is 5.95. The first kappa shape index (κ1) is 12.6. The van der Waals surface area contributed by atoms with Crippen molar-refractivity contribution in [3.63, 3.8) is 0 Å². The molecule has 2 rings (SSSR count). The predicted molar refractivity (Wildman–Crippen MR) is 65.5 cm³/mol. The van der Waals surface area contributed by atoms with Crippen molar-refractivity contribution in [2.24, 2.45) is 0 Å². The molecule has 1 N–H and O–H groups in total. The van der Waals surface area contributed by atoms with Crippen LogP contribution < -0.4 is 10.2 Å². The van der Waals surface area contributed by atoms with Crippen molar-refractivity contribution in [3.05, 3.63) is 24.0 Å². The summed E-state index contributed by atoms with van der Waals surface area (Å²) in [6.07, 6.45) is 1.75. The summed E-state index contributed by atoms with van der Waals surface area (Å²) in [5.74, 6) is 0.113. The summed E-state index contributed by atoms with van der Waals surface area (Å²) in [6.45, 7) is 7.93. The molecule has 4 nitrogen and oxygen atoms in total. The minimum Gasteiger partial charge on any atom is -0.309 e. The first-order chi connectivity index (χ1) is 7.77. The van der Waals surface area contributed by atoms with E-state index in [0.717, 1.165) is 24.5 Å². The van der Waals surface area contributed by atoms with Gasteiger partial charge in [0.2, 0.25) is 5.91 Å². The lowest BCUT2D eigenvalue weighted by atomic mass is 10.3. The van der Waals surface area contributed by atoms with E-state index in [2.05, 4.69) is 10.3 Å². The molecule has 1 aromatic rings. The van der Waals surface area contributed by atoms with E-state index in [9.17, 15) is 4.79 Å². The number of hydrogen-bond acceptors (Lipinski definition) is 3. The molecular weight excluding hydrogens is 202 g/mol. The number of nitrogens with one attached hydrogen (secondary N) is 1. The van der Waals surface area contributed by atoms with Crippen LogP contribution in [0, 0.1) is 6.92 Å². The van der Waals surface area contributed by atoms with E-state index in [1.807, 2.05) is 32.9 Å². The topological polar surface area (TPSA) is 45.2 Å². The van der Waals surface area contributed by atoms with Crippen molar-refractivity contribution in [3.8, 4) is 0 Å². The number of carbonyl (C=O) groups is 1. The normalized spacial score (nSPS) is 15.4. The van der Waals surface area contributed by atoms with Crippen LogP contribution in [-0.4, -0.2) is 30.5 Å². The van der Waals surface area contributed by atoms with E-state index in [1.54, 1.807) is 11.1 Å². The molecule has 1 aromatic heterocycles. The number of nitrogens with zero attached hydrogens (tertiary/aromatic N) is 2. The number of anilines is 1. The fraction of sp³-hybridized carbons (Fsp3) is 0.500. The smallest absolute Gasteiger partial charge is 0.241 e. The van der Waals surface area contributed by atoms with Crippen molar-refractivity contribution in [2.75, 3.05) is 24.5 Å². The number of pyridine rings is 1. The van der Waals surface area contributed by atoms with Gasteiger partial charge in [-0.25, -0.2) is 0 Å². The minimum absolute atomic E-state index is 0.113. The quantitative estimate of drug-likeness (QED) is 0.778. The molecule has 0 spiro atoms.